The highest BCUT2D eigenvalue weighted by Gasteiger charge is 2.52. The normalized spacial score (nSPS) is 27.1. The van der Waals surface area contributed by atoms with Gasteiger partial charge in [0.05, 0.1) is 17.1 Å². The van der Waals surface area contributed by atoms with Gasteiger partial charge in [0.2, 0.25) is 0 Å². The van der Waals surface area contributed by atoms with Gasteiger partial charge in [0.1, 0.15) is 0 Å². The molecule has 4 nitrogen and oxygen atoms in total. The Morgan fingerprint density at radius 3 is 2.26 bits per heavy atom. The van der Waals surface area contributed by atoms with Crippen LogP contribution in [0.4, 0.5) is 0 Å². The second kappa shape index (κ2) is 5.78. The van der Waals surface area contributed by atoms with E-state index in [1.54, 1.807) is 0 Å². The van der Waals surface area contributed by atoms with Crippen LogP contribution in [0.5, 0.6) is 0 Å². The summed E-state index contributed by atoms with van der Waals surface area (Å²) in [5.74, 6) is 0.652. The summed E-state index contributed by atoms with van der Waals surface area (Å²) in [4.78, 5) is 2.41. The Bertz CT molecular complexity index is 335. The number of piperidine rings is 1. The van der Waals surface area contributed by atoms with E-state index in [0.717, 1.165) is 19.6 Å². The Morgan fingerprint density at radius 1 is 1.21 bits per heavy atom. The quantitative estimate of drug-likeness (QED) is 0.846. The van der Waals surface area contributed by atoms with Crippen LogP contribution >= 0.6 is 0 Å². The fourth-order valence-electron chi connectivity index (χ4n) is 3.50. The van der Waals surface area contributed by atoms with Crippen molar-refractivity contribution in [3.05, 3.63) is 0 Å². The Hall–Kier alpha value is -0.630. The number of hydrogen-bond donors (Lipinski definition) is 1. The molecule has 0 aromatic heterocycles. The Kier molecular flexibility index (Phi) is 4.50. The topological polar surface area (TPSA) is 56.5 Å². The molecule has 0 aromatic rings. The number of aliphatic hydroxyl groups is 1. The fraction of sp³-hybridized carbons (Fsp3) is 0.933. The molecule has 4 heteroatoms. The minimum absolute atomic E-state index is 0.588. The van der Waals surface area contributed by atoms with Gasteiger partial charge in [0.15, 0.2) is 0 Å². The van der Waals surface area contributed by atoms with E-state index in [2.05, 4.69) is 24.8 Å². The van der Waals surface area contributed by atoms with Gasteiger partial charge < -0.3 is 14.7 Å². The van der Waals surface area contributed by atoms with Gasteiger partial charge in [-0.15, -0.1) is 0 Å². The number of nitriles is 1. The standard InChI is InChI=1S/C15H26N2O2/c1-13(2)11-17-7-3-15(18,4-8-17)14(12-16)5-9-19-10-6-14/h13,18H,3-11H2,1-2H3. The molecule has 2 fully saturated rings. The van der Waals surface area contributed by atoms with E-state index in [-0.39, 0.29) is 0 Å². The molecule has 0 radical (unpaired) electrons. The minimum Gasteiger partial charge on any atom is -0.388 e. The SMILES string of the molecule is CC(C)CN1CCC(O)(C2(C#N)CCOCC2)CC1. The van der Waals surface area contributed by atoms with Crippen molar-refractivity contribution in [2.45, 2.75) is 45.1 Å². The Balaban J connectivity index is 2.02. The molecule has 0 amide bonds. The third-order valence-electron chi connectivity index (χ3n) is 4.76. The molecule has 0 spiro atoms. The Labute approximate surface area is 116 Å². The van der Waals surface area contributed by atoms with Gasteiger partial charge >= 0.3 is 0 Å². The van der Waals surface area contributed by atoms with E-state index in [0.29, 0.717) is 44.8 Å². The average molecular weight is 266 g/mol. The second-order valence-corrected chi connectivity index (χ2v) is 6.53. The first-order valence-electron chi connectivity index (χ1n) is 7.45. The number of nitrogens with zero attached hydrogens (tertiary/aromatic N) is 2. The molecule has 2 saturated heterocycles. The maximum absolute atomic E-state index is 11.0. The molecule has 1 N–H and O–H groups in total. The maximum atomic E-state index is 11.0. The van der Waals surface area contributed by atoms with Gasteiger partial charge in [-0.05, 0) is 31.6 Å². The van der Waals surface area contributed by atoms with Gasteiger partial charge in [0.25, 0.3) is 0 Å². The van der Waals surface area contributed by atoms with Crippen LogP contribution in [0.25, 0.3) is 0 Å². The largest absolute Gasteiger partial charge is 0.388 e. The van der Waals surface area contributed by atoms with Crippen molar-refractivity contribution in [3.63, 3.8) is 0 Å². The lowest BCUT2D eigenvalue weighted by atomic mass is 9.64. The molecule has 2 heterocycles. The van der Waals surface area contributed by atoms with E-state index >= 15 is 0 Å². The van der Waals surface area contributed by atoms with Gasteiger partial charge in [-0.2, -0.15) is 5.26 Å². The van der Waals surface area contributed by atoms with Crippen molar-refractivity contribution in [1.82, 2.24) is 4.90 Å². The first-order chi connectivity index (χ1) is 9.01. The molecule has 0 bridgehead atoms. The van der Waals surface area contributed by atoms with Crippen molar-refractivity contribution in [3.8, 4) is 6.07 Å². The summed E-state index contributed by atoms with van der Waals surface area (Å²) in [5, 5.41) is 20.6. The van der Waals surface area contributed by atoms with Crippen molar-refractivity contribution < 1.29 is 9.84 Å². The van der Waals surface area contributed by atoms with Gasteiger partial charge in [0, 0.05) is 32.8 Å². The number of hydrogen-bond acceptors (Lipinski definition) is 4. The molecule has 2 aliphatic rings. The summed E-state index contributed by atoms with van der Waals surface area (Å²) in [6.45, 7) is 8.53. The third kappa shape index (κ3) is 2.94. The van der Waals surface area contributed by atoms with E-state index in [4.69, 9.17) is 4.74 Å². The fourth-order valence-corrected chi connectivity index (χ4v) is 3.50. The predicted molar refractivity (Wildman–Crippen MR) is 73.6 cm³/mol. The van der Waals surface area contributed by atoms with Crippen LogP contribution in [-0.4, -0.2) is 48.5 Å². The number of rotatable bonds is 3. The van der Waals surface area contributed by atoms with Crippen LogP contribution in [0.1, 0.15) is 39.5 Å². The smallest absolute Gasteiger partial charge is 0.0904 e. The molecule has 0 unspecified atom stereocenters. The third-order valence-corrected chi connectivity index (χ3v) is 4.76. The summed E-state index contributed by atoms with van der Waals surface area (Å²) in [6.07, 6.45) is 2.77. The lowest BCUT2D eigenvalue weighted by Crippen LogP contribution is -2.56. The molecule has 0 atom stereocenters. The van der Waals surface area contributed by atoms with Crippen LogP contribution in [-0.2, 0) is 4.74 Å². The van der Waals surface area contributed by atoms with E-state index in [1.165, 1.54) is 0 Å². The Morgan fingerprint density at radius 2 is 1.79 bits per heavy atom. The van der Waals surface area contributed by atoms with Crippen LogP contribution in [0.3, 0.4) is 0 Å². The van der Waals surface area contributed by atoms with E-state index in [9.17, 15) is 10.4 Å². The zero-order valence-corrected chi connectivity index (χ0v) is 12.2. The van der Waals surface area contributed by atoms with Crippen molar-refractivity contribution in [2.24, 2.45) is 11.3 Å². The molecule has 0 aliphatic carbocycles. The van der Waals surface area contributed by atoms with Crippen LogP contribution < -0.4 is 0 Å². The van der Waals surface area contributed by atoms with Crippen molar-refractivity contribution in [1.29, 1.82) is 5.26 Å². The average Bonchev–Trinajstić information content (AvgIpc) is 2.42. The minimum atomic E-state index is -0.820. The molecule has 108 valence electrons. The van der Waals surface area contributed by atoms with Gasteiger partial charge in [-0.1, -0.05) is 13.8 Å². The highest BCUT2D eigenvalue weighted by molar-refractivity contribution is 5.13. The molecule has 0 aromatic carbocycles. The zero-order chi connectivity index (χ0) is 13.9. The second-order valence-electron chi connectivity index (χ2n) is 6.53. The molecule has 2 rings (SSSR count). The highest BCUT2D eigenvalue weighted by Crippen LogP contribution is 2.46. The molecule has 0 saturated carbocycles. The molecular weight excluding hydrogens is 240 g/mol. The predicted octanol–water partition coefficient (Wildman–Crippen LogP) is 1.79. The lowest BCUT2D eigenvalue weighted by Gasteiger charge is -2.49. The first-order valence-corrected chi connectivity index (χ1v) is 7.45. The van der Waals surface area contributed by atoms with Crippen molar-refractivity contribution >= 4 is 0 Å². The van der Waals surface area contributed by atoms with Crippen LogP contribution in [0, 0.1) is 22.7 Å². The highest BCUT2D eigenvalue weighted by atomic mass is 16.5. The van der Waals surface area contributed by atoms with E-state index in [1.807, 2.05) is 0 Å². The summed E-state index contributed by atoms with van der Waals surface area (Å²) in [6, 6.07) is 2.43. The summed E-state index contributed by atoms with van der Waals surface area (Å²) in [7, 11) is 0. The van der Waals surface area contributed by atoms with Crippen molar-refractivity contribution in [2.75, 3.05) is 32.8 Å². The van der Waals surface area contributed by atoms with Crippen LogP contribution in [0.2, 0.25) is 0 Å². The molecule has 19 heavy (non-hydrogen) atoms. The molecular formula is C15H26N2O2. The summed E-state index contributed by atoms with van der Waals surface area (Å²) in [5.41, 5.74) is -1.41. The summed E-state index contributed by atoms with van der Waals surface area (Å²) >= 11 is 0. The maximum Gasteiger partial charge on any atom is 0.0904 e. The van der Waals surface area contributed by atoms with E-state index < -0.39 is 11.0 Å². The number of ether oxygens (including phenoxy) is 1. The van der Waals surface area contributed by atoms with Crippen LogP contribution in [0.15, 0.2) is 0 Å². The number of likely N-dealkylation sites (tertiary alicyclic amines) is 1. The zero-order valence-electron chi connectivity index (χ0n) is 12.2. The first kappa shape index (κ1) is 14.8. The summed E-state index contributed by atoms with van der Waals surface area (Å²) < 4.78 is 5.36. The molecule has 2 aliphatic heterocycles. The lowest BCUT2D eigenvalue weighted by molar-refractivity contribution is -0.132. The van der Waals surface area contributed by atoms with Gasteiger partial charge in [-0.3, -0.25) is 0 Å². The monoisotopic (exact) mass is 266 g/mol. The van der Waals surface area contributed by atoms with Gasteiger partial charge in [-0.25, -0.2) is 0 Å².